The summed E-state index contributed by atoms with van der Waals surface area (Å²) in [6, 6.07) is 0. The van der Waals surface area contributed by atoms with Crippen molar-refractivity contribution >= 4 is 11.6 Å². The van der Waals surface area contributed by atoms with Crippen LogP contribution in [0.5, 0.6) is 0 Å². The number of halogens is 1. The van der Waals surface area contributed by atoms with Crippen molar-refractivity contribution in [3.05, 3.63) is 64.0 Å². The van der Waals surface area contributed by atoms with Gasteiger partial charge in [-0.05, 0) is 55.2 Å². The molecule has 0 aliphatic heterocycles. The highest BCUT2D eigenvalue weighted by Crippen LogP contribution is 2.44. The minimum absolute atomic E-state index is 0.0250. The van der Waals surface area contributed by atoms with Gasteiger partial charge in [0.15, 0.2) is 0 Å². The van der Waals surface area contributed by atoms with Crippen LogP contribution in [0, 0.1) is 12.3 Å². The van der Waals surface area contributed by atoms with E-state index in [1.165, 1.54) is 0 Å². The quantitative estimate of drug-likeness (QED) is 0.434. The number of nitrogens with zero attached hydrogens (tertiary/aromatic N) is 1. The molecule has 4 heteroatoms. The van der Waals surface area contributed by atoms with Gasteiger partial charge in [0, 0.05) is 27.5 Å². The van der Waals surface area contributed by atoms with E-state index >= 15 is 0 Å². The topological polar surface area (TPSA) is 53.4 Å². The first-order valence-corrected chi connectivity index (χ1v) is 12.0. The van der Waals surface area contributed by atoms with Crippen molar-refractivity contribution in [2.24, 2.45) is 5.41 Å². The maximum atomic E-state index is 10.9. The van der Waals surface area contributed by atoms with E-state index in [1.807, 2.05) is 40.7 Å². The molecule has 0 radical (unpaired) electrons. The molecule has 0 spiro atoms. The summed E-state index contributed by atoms with van der Waals surface area (Å²) in [6.07, 6.45) is 7.71. The van der Waals surface area contributed by atoms with Gasteiger partial charge >= 0.3 is 0 Å². The number of aromatic nitrogens is 1. The van der Waals surface area contributed by atoms with Gasteiger partial charge in [-0.3, -0.25) is 4.98 Å². The van der Waals surface area contributed by atoms with Gasteiger partial charge < -0.3 is 10.2 Å². The summed E-state index contributed by atoms with van der Waals surface area (Å²) in [4.78, 5) is 4.92. The molecule has 1 aromatic rings. The molecule has 1 heterocycles. The molecule has 0 fully saturated rings. The highest BCUT2D eigenvalue weighted by atomic mass is 35.5. The zero-order valence-corrected chi connectivity index (χ0v) is 21.8. The van der Waals surface area contributed by atoms with Crippen LogP contribution in [-0.2, 0) is 6.42 Å². The summed E-state index contributed by atoms with van der Waals surface area (Å²) in [7, 11) is 0. The monoisotopic (exact) mass is 449 g/mol. The Kier molecular flexibility index (Phi) is 13.2. The van der Waals surface area contributed by atoms with E-state index in [9.17, 15) is 10.2 Å². The smallest absolute Gasteiger partial charge is 0.0844 e. The van der Waals surface area contributed by atoms with E-state index < -0.39 is 12.2 Å². The summed E-state index contributed by atoms with van der Waals surface area (Å²) >= 11 is 6.04. The van der Waals surface area contributed by atoms with Crippen LogP contribution in [-0.4, -0.2) is 15.2 Å². The molecule has 1 aliphatic carbocycles. The van der Waals surface area contributed by atoms with E-state index in [-0.39, 0.29) is 11.3 Å². The number of allylic oxidation sites excluding steroid dienone is 4. The first-order chi connectivity index (χ1) is 14.6. The van der Waals surface area contributed by atoms with Crippen LogP contribution in [0.3, 0.4) is 0 Å². The molecule has 2 unspecified atom stereocenters. The first kappa shape index (κ1) is 29.6. The van der Waals surface area contributed by atoms with Crippen LogP contribution >= 0.6 is 11.6 Å². The average molecular weight is 450 g/mol. The standard InChI is InChI=1S/C23H32ClNO2.2C2H6/c1-7-9-16(24)10-8-11-18(26)21-15(4)20-17(25-22(21)14(2)3)12-23(5,6)13-19(20)27;2*1-2/h7-10,14,18-19,26-27H,1,11-13H2,2-6H3;2*1-2H3/b10-8-,16-9+;;. The van der Waals surface area contributed by atoms with Crippen molar-refractivity contribution in [1.82, 2.24) is 4.98 Å². The minimum Gasteiger partial charge on any atom is -0.388 e. The average Bonchev–Trinajstić information content (AvgIpc) is 2.69. The summed E-state index contributed by atoms with van der Waals surface area (Å²) < 4.78 is 0. The molecule has 0 saturated carbocycles. The van der Waals surface area contributed by atoms with E-state index in [2.05, 4.69) is 34.3 Å². The molecule has 0 bridgehead atoms. The largest absolute Gasteiger partial charge is 0.388 e. The number of aliphatic hydroxyl groups excluding tert-OH is 2. The predicted molar refractivity (Wildman–Crippen MR) is 136 cm³/mol. The van der Waals surface area contributed by atoms with E-state index in [4.69, 9.17) is 16.6 Å². The second kappa shape index (κ2) is 13.9. The zero-order chi connectivity index (χ0) is 24.4. The van der Waals surface area contributed by atoms with Gasteiger partial charge in [-0.25, -0.2) is 0 Å². The Morgan fingerprint density at radius 1 is 1.26 bits per heavy atom. The minimum atomic E-state index is -0.688. The maximum absolute atomic E-state index is 10.9. The second-order valence-corrected chi connectivity index (χ2v) is 8.99. The Bertz CT molecular complexity index is 763. The fourth-order valence-electron chi connectivity index (χ4n) is 4.00. The summed E-state index contributed by atoms with van der Waals surface area (Å²) in [5.74, 6) is 0.189. The lowest BCUT2D eigenvalue weighted by Gasteiger charge is -2.36. The van der Waals surface area contributed by atoms with Gasteiger partial charge in [0.1, 0.15) is 0 Å². The summed E-state index contributed by atoms with van der Waals surface area (Å²) in [5, 5.41) is 22.2. The van der Waals surface area contributed by atoms with Gasteiger partial charge in [-0.1, -0.05) is 85.7 Å². The number of rotatable bonds is 6. The zero-order valence-electron chi connectivity index (χ0n) is 21.1. The van der Waals surface area contributed by atoms with E-state index in [0.29, 0.717) is 17.9 Å². The van der Waals surface area contributed by atoms with Crippen molar-refractivity contribution in [3.63, 3.8) is 0 Å². The molecule has 2 atom stereocenters. The van der Waals surface area contributed by atoms with Crippen molar-refractivity contribution < 1.29 is 10.2 Å². The van der Waals surface area contributed by atoms with Crippen LogP contribution in [0.1, 0.15) is 114 Å². The SMILES string of the molecule is C=C/C=C(Cl)\C=C/CC(O)c1c(C(C)C)nc2c(c1C)C(O)CC(C)(C)C2.CC.CC. The van der Waals surface area contributed by atoms with Gasteiger partial charge in [-0.15, -0.1) is 0 Å². The molecule has 1 aliphatic rings. The molecule has 0 aromatic carbocycles. The van der Waals surface area contributed by atoms with Crippen molar-refractivity contribution in [3.8, 4) is 0 Å². The molecule has 31 heavy (non-hydrogen) atoms. The van der Waals surface area contributed by atoms with Gasteiger partial charge in [0.2, 0.25) is 0 Å². The van der Waals surface area contributed by atoms with Crippen LogP contribution < -0.4 is 0 Å². The Balaban J connectivity index is 0.00000212. The van der Waals surface area contributed by atoms with Crippen LogP contribution in [0.15, 0.2) is 35.9 Å². The second-order valence-electron chi connectivity index (χ2n) is 8.55. The van der Waals surface area contributed by atoms with Crippen LogP contribution in [0.2, 0.25) is 0 Å². The van der Waals surface area contributed by atoms with Gasteiger partial charge in [0.25, 0.3) is 0 Å². The molecule has 3 nitrogen and oxygen atoms in total. The van der Waals surface area contributed by atoms with Gasteiger partial charge in [-0.2, -0.15) is 0 Å². The third-order valence-corrected chi connectivity index (χ3v) is 5.42. The first-order valence-electron chi connectivity index (χ1n) is 11.6. The molecule has 2 N–H and O–H groups in total. The van der Waals surface area contributed by atoms with Crippen molar-refractivity contribution in [2.75, 3.05) is 0 Å². The summed E-state index contributed by atoms with van der Waals surface area (Å²) in [6.45, 7) is 22.1. The van der Waals surface area contributed by atoms with Crippen molar-refractivity contribution in [1.29, 1.82) is 0 Å². The van der Waals surface area contributed by atoms with Crippen LogP contribution in [0.4, 0.5) is 0 Å². The predicted octanol–water partition coefficient (Wildman–Crippen LogP) is 7.86. The maximum Gasteiger partial charge on any atom is 0.0844 e. The Labute approximate surface area is 196 Å². The lowest BCUT2D eigenvalue weighted by atomic mass is 9.72. The molecule has 1 aromatic heterocycles. The van der Waals surface area contributed by atoms with E-state index in [1.54, 1.807) is 18.2 Å². The molecule has 2 rings (SSSR count). The highest BCUT2D eigenvalue weighted by Gasteiger charge is 2.35. The number of hydrogen-bond acceptors (Lipinski definition) is 3. The number of pyridine rings is 1. The lowest BCUT2D eigenvalue weighted by molar-refractivity contribution is 0.0965. The fourth-order valence-corrected chi connectivity index (χ4v) is 4.18. The lowest BCUT2D eigenvalue weighted by Crippen LogP contribution is -2.29. The summed E-state index contributed by atoms with van der Waals surface area (Å²) in [5.41, 5.74) is 4.64. The highest BCUT2D eigenvalue weighted by molar-refractivity contribution is 6.31. The fraction of sp³-hybridized carbons (Fsp3) is 0.593. The Morgan fingerprint density at radius 2 is 1.84 bits per heavy atom. The molecular formula is C27H44ClNO2. The van der Waals surface area contributed by atoms with E-state index in [0.717, 1.165) is 34.5 Å². The third-order valence-electron chi connectivity index (χ3n) is 5.17. The number of hydrogen-bond donors (Lipinski definition) is 2. The molecular weight excluding hydrogens is 406 g/mol. The van der Waals surface area contributed by atoms with Crippen molar-refractivity contribution in [2.45, 2.75) is 99.7 Å². The Morgan fingerprint density at radius 3 is 2.35 bits per heavy atom. The normalized spacial score (nSPS) is 18.5. The number of aliphatic hydroxyl groups is 2. The molecule has 0 amide bonds. The Hall–Kier alpha value is -1.42. The third kappa shape index (κ3) is 8.21. The van der Waals surface area contributed by atoms with Gasteiger partial charge in [0.05, 0.1) is 12.2 Å². The molecule has 0 saturated heterocycles. The number of fused-ring (bicyclic) bond motifs is 1. The van der Waals surface area contributed by atoms with Crippen LogP contribution in [0.25, 0.3) is 0 Å². The molecule has 176 valence electrons.